The van der Waals surface area contributed by atoms with Crippen molar-refractivity contribution >= 4 is 33.3 Å². The van der Waals surface area contributed by atoms with Gasteiger partial charge in [0.25, 0.3) is 0 Å². The average Bonchev–Trinajstić information content (AvgIpc) is 3.01. The number of nitrogens with one attached hydrogen (secondary N) is 2. The molecule has 0 atom stereocenters. The second kappa shape index (κ2) is 14.0. The van der Waals surface area contributed by atoms with E-state index in [1.165, 1.54) is 26.2 Å². The van der Waals surface area contributed by atoms with Crippen LogP contribution < -0.4 is 19.7 Å². The SMILES string of the molecule is Cc1ccc(NC(=O)N(c2cccc(F)c2)C2CCN(Cc3ccc(Oc4ccc(NS(=O)(=O)N(C)C)cc4)nc3)CC2)cn1. The van der Waals surface area contributed by atoms with Gasteiger partial charge in [0.1, 0.15) is 11.6 Å². The zero-order valence-electron chi connectivity index (χ0n) is 25.4. The number of halogens is 1. The molecule has 3 heterocycles. The number of nitrogens with zero attached hydrogens (tertiary/aromatic N) is 5. The number of piperidine rings is 1. The van der Waals surface area contributed by atoms with Crippen LogP contribution in [0.4, 0.5) is 26.2 Å². The molecule has 236 valence electrons. The van der Waals surface area contributed by atoms with Gasteiger partial charge >= 0.3 is 16.2 Å². The molecule has 2 aromatic heterocycles. The highest BCUT2D eigenvalue weighted by Crippen LogP contribution is 2.27. The van der Waals surface area contributed by atoms with Crippen molar-refractivity contribution in [2.24, 2.45) is 0 Å². The summed E-state index contributed by atoms with van der Waals surface area (Å²) in [5.74, 6) is 0.541. The number of anilines is 3. The lowest BCUT2D eigenvalue weighted by Crippen LogP contribution is -2.49. The van der Waals surface area contributed by atoms with Crippen LogP contribution in [-0.4, -0.2) is 66.8 Å². The number of urea groups is 1. The van der Waals surface area contributed by atoms with Gasteiger partial charge in [0, 0.05) is 63.4 Å². The molecule has 1 aliphatic heterocycles. The fraction of sp³-hybridized carbons (Fsp3) is 0.281. The van der Waals surface area contributed by atoms with Crippen molar-refractivity contribution in [1.29, 1.82) is 0 Å². The summed E-state index contributed by atoms with van der Waals surface area (Å²) in [5.41, 5.74) is 3.37. The number of hydrogen-bond donors (Lipinski definition) is 2. The summed E-state index contributed by atoms with van der Waals surface area (Å²) in [6.07, 6.45) is 4.80. The molecule has 0 aliphatic carbocycles. The molecule has 0 spiro atoms. The standard InChI is InChI=1S/C32H36FN7O4S/c1-23-7-9-27(21-34-23)36-32(41)40(29-6-4-5-25(33)19-29)28-15-17-39(18-16-28)22-24-8-14-31(35-20-24)44-30-12-10-26(11-13-30)37-45(42,43)38(2)3/h4-14,19-21,28,37H,15-18,22H2,1-3H3,(H,36,41). The second-order valence-corrected chi connectivity index (χ2v) is 12.9. The van der Waals surface area contributed by atoms with Crippen LogP contribution in [-0.2, 0) is 16.8 Å². The number of benzene rings is 2. The monoisotopic (exact) mass is 633 g/mol. The minimum Gasteiger partial charge on any atom is -0.439 e. The fourth-order valence-corrected chi connectivity index (χ4v) is 5.57. The zero-order chi connectivity index (χ0) is 32.0. The minimum atomic E-state index is -3.59. The van der Waals surface area contributed by atoms with E-state index in [-0.39, 0.29) is 12.1 Å². The van der Waals surface area contributed by atoms with Crippen LogP contribution in [0, 0.1) is 12.7 Å². The molecule has 1 aliphatic rings. The number of rotatable bonds is 10. The van der Waals surface area contributed by atoms with E-state index in [2.05, 4.69) is 24.9 Å². The van der Waals surface area contributed by atoms with Crippen LogP contribution >= 0.6 is 0 Å². The molecule has 0 unspecified atom stereocenters. The van der Waals surface area contributed by atoms with E-state index in [1.807, 2.05) is 19.1 Å². The zero-order valence-corrected chi connectivity index (χ0v) is 26.2. The third kappa shape index (κ3) is 8.53. The number of aromatic nitrogens is 2. The number of amides is 2. The summed E-state index contributed by atoms with van der Waals surface area (Å²) in [4.78, 5) is 26.1. The number of carbonyl (C=O) groups is 1. The van der Waals surface area contributed by atoms with Crippen LogP contribution in [0.1, 0.15) is 24.1 Å². The number of carbonyl (C=O) groups excluding carboxylic acids is 1. The first-order chi connectivity index (χ1) is 21.6. The first-order valence-corrected chi connectivity index (χ1v) is 15.9. The highest BCUT2D eigenvalue weighted by Gasteiger charge is 2.30. The van der Waals surface area contributed by atoms with Crippen molar-refractivity contribution in [3.8, 4) is 11.6 Å². The molecule has 2 aromatic carbocycles. The van der Waals surface area contributed by atoms with E-state index in [1.54, 1.807) is 65.8 Å². The Hall–Kier alpha value is -4.59. The lowest BCUT2D eigenvalue weighted by atomic mass is 10.0. The number of likely N-dealkylation sites (tertiary alicyclic amines) is 1. The molecule has 0 saturated carbocycles. The average molecular weight is 634 g/mol. The quantitative estimate of drug-likeness (QED) is 0.232. The highest BCUT2D eigenvalue weighted by atomic mass is 32.2. The summed E-state index contributed by atoms with van der Waals surface area (Å²) >= 11 is 0. The summed E-state index contributed by atoms with van der Waals surface area (Å²) in [6, 6.07) is 19.6. The van der Waals surface area contributed by atoms with E-state index >= 15 is 0 Å². The summed E-state index contributed by atoms with van der Waals surface area (Å²) in [6.45, 7) is 4.05. The maximum absolute atomic E-state index is 14.2. The van der Waals surface area contributed by atoms with E-state index < -0.39 is 16.0 Å². The maximum atomic E-state index is 14.2. The van der Waals surface area contributed by atoms with Crippen molar-refractivity contribution in [1.82, 2.24) is 19.2 Å². The maximum Gasteiger partial charge on any atom is 0.326 e. The van der Waals surface area contributed by atoms with Gasteiger partial charge in [-0.1, -0.05) is 12.1 Å². The molecule has 0 bridgehead atoms. The van der Waals surface area contributed by atoms with Gasteiger partial charge in [0.15, 0.2) is 0 Å². The second-order valence-electron chi connectivity index (χ2n) is 11.0. The Morgan fingerprint density at radius 1 is 0.978 bits per heavy atom. The number of pyridine rings is 2. The van der Waals surface area contributed by atoms with Crippen LogP contribution in [0.25, 0.3) is 0 Å². The normalized spacial score (nSPS) is 14.2. The first-order valence-electron chi connectivity index (χ1n) is 14.5. The fourth-order valence-electron chi connectivity index (χ4n) is 4.96. The van der Waals surface area contributed by atoms with Crippen molar-refractivity contribution in [2.75, 3.05) is 42.1 Å². The van der Waals surface area contributed by atoms with Crippen LogP contribution in [0.3, 0.4) is 0 Å². The Bertz CT molecular complexity index is 1700. The molecule has 2 N–H and O–H groups in total. The summed E-state index contributed by atoms with van der Waals surface area (Å²) in [5, 5.41) is 2.91. The lowest BCUT2D eigenvalue weighted by molar-refractivity contribution is 0.199. The molecule has 45 heavy (non-hydrogen) atoms. The molecule has 1 saturated heterocycles. The molecule has 5 rings (SSSR count). The van der Waals surface area contributed by atoms with Crippen molar-refractivity contribution in [3.63, 3.8) is 0 Å². The van der Waals surface area contributed by atoms with E-state index in [4.69, 9.17) is 4.74 Å². The number of ether oxygens (including phenoxy) is 1. The highest BCUT2D eigenvalue weighted by molar-refractivity contribution is 7.90. The Kier molecular flexibility index (Phi) is 9.91. The van der Waals surface area contributed by atoms with E-state index in [0.717, 1.165) is 28.7 Å². The van der Waals surface area contributed by atoms with Crippen molar-refractivity contribution in [2.45, 2.75) is 32.4 Å². The molecule has 4 aromatic rings. The number of aryl methyl sites for hydroxylation is 1. The first kappa shape index (κ1) is 31.8. The molecule has 0 radical (unpaired) electrons. The minimum absolute atomic E-state index is 0.111. The molecule has 1 fully saturated rings. The van der Waals surface area contributed by atoms with Gasteiger partial charge in [-0.05, 0) is 79.9 Å². The molecule has 11 nitrogen and oxygen atoms in total. The predicted octanol–water partition coefficient (Wildman–Crippen LogP) is 5.64. The van der Waals surface area contributed by atoms with Crippen molar-refractivity contribution < 1.29 is 22.3 Å². The van der Waals surface area contributed by atoms with Gasteiger partial charge in [0.2, 0.25) is 5.88 Å². The number of hydrogen-bond acceptors (Lipinski definition) is 7. The van der Waals surface area contributed by atoms with Crippen LogP contribution in [0.5, 0.6) is 11.6 Å². The Morgan fingerprint density at radius 2 is 1.71 bits per heavy atom. The topological polar surface area (TPSA) is 120 Å². The van der Waals surface area contributed by atoms with Gasteiger partial charge in [-0.15, -0.1) is 0 Å². The lowest BCUT2D eigenvalue weighted by Gasteiger charge is -2.38. The third-order valence-electron chi connectivity index (χ3n) is 7.40. The smallest absolute Gasteiger partial charge is 0.326 e. The van der Waals surface area contributed by atoms with Gasteiger partial charge in [0.05, 0.1) is 17.6 Å². The Balaban J connectivity index is 1.17. The summed E-state index contributed by atoms with van der Waals surface area (Å²) < 4.78 is 47.6. The Labute approximate surface area is 262 Å². The molecule has 2 amide bonds. The van der Waals surface area contributed by atoms with Gasteiger partial charge in [-0.25, -0.2) is 14.2 Å². The Morgan fingerprint density at radius 3 is 2.33 bits per heavy atom. The van der Waals surface area contributed by atoms with Crippen LogP contribution in [0.2, 0.25) is 0 Å². The van der Waals surface area contributed by atoms with E-state index in [0.29, 0.717) is 48.1 Å². The van der Waals surface area contributed by atoms with Crippen molar-refractivity contribution in [3.05, 3.63) is 102 Å². The third-order valence-corrected chi connectivity index (χ3v) is 8.85. The molecular formula is C32H36FN7O4S. The predicted molar refractivity (Wildman–Crippen MR) is 172 cm³/mol. The van der Waals surface area contributed by atoms with Gasteiger partial charge < -0.3 is 10.1 Å². The van der Waals surface area contributed by atoms with Crippen LogP contribution in [0.15, 0.2) is 85.2 Å². The summed E-state index contributed by atoms with van der Waals surface area (Å²) in [7, 11) is -0.686. The van der Waals surface area contributed by atoms with Gasteiger partial charge in [-0.2, -0.15) is 12.7 Å². The molecule has 13 heteroatoms. The largest absolute Gasteiger partial charge is 0.439 e. The van der Waals surface area contributed by atoms with E-state index in [9.17, 15) is 17.6 Å². The molecular weight excluding hydrogens is 597 g/mol. The van der Waals surface area contributed by atoms with Gasteiger partial charge in [-0.3, -0.25) is 19.5 Å².